The molecule has 0 aromatic heterocycles. The van der Waals surface area contributed by atoms with Crippen molar-refractivity contribution in [3.63, 3.8) is 0 Å². The van der Waals surface area contributed by atoms with Gasteiger partial charge >= 0.3 is 15.6 Å². The third-order valence-electron chi connectivity index (χ3n) is 2.56. The molecule has 1 saturated carbocycles. The Morgan fingerprint density at radius 3 is 0.870 bits per heavy atom. The Morgan fingerprint density at radius 2 is 0.739 bits per heavy atom. The summed E-state index contributed by atoms with van der Waals surface area (Å²) in [7, 11) is -10.3. The maximum Gasteiger partial charge on any atom is 0.470 e. The van der Waals surface area contributed by atoms with Crippen molar-refractivity contribution in [1.29, 1.82) is 0 Å². The molecular formula is C6H14K3O12P2. The van der Waals surface area contributed by atoms with E-state index in [0.717, 1.165) is 0 Å². The molecule has 123 valence electrons. The molecule has 1 aliphatic rings. The maximum atomic E-state index is 10.6. The van der Waals surface area contributed by atoms with E-state index < -0.39 is 52.3 Å². The van der Waals surface area contributed by atoms with E-state index in [2.05, 4.69) is 9.05 Å². The van der Waals surface area contributed by atoms with Crippen LogP contribution in [-0.2, 0) is 18.2 Å². The van der Waals surface area contributed by atoms with Gasteiger partial charge in [0, 0.05) is 154 Å². The van der Waals surface area contributed by atoms with Crippen LogP contribution in [0, 0.1) is 0 Å². The first kappa shape index (κ1) is 32.6. The summed E-state index contributed by atoms with van der Waals surface area (Å²) in [5, 5.41) is 38.1. The summed E-state index contributed by atoms with van der Waals surface area (Å²) in [6.07, 6.45) is -12.8. The Kier molecular flexibility index (Phi) is 18.9. The van der Waals surface area contributed by atoms with Gasteiger partial charge in [-0.15, -0.1) is 0 Å². The Morgan fingerprint density at radius 1 is 0.565 bits per heavy atom. The van der Waals surface area contributed by atoms with Gasteiger partial charge in [0.05, 0.1) is 0 Å². The van der Waals surface area contributed by atoms with Crippen LogP contribution in [0.3, 0.4) is 0 Å². The van der Waals surface area contributed by atoms with E-state index >= 15 is 0 Å². The number of hydrogen-bond donors (Lipinski definition) is 8. The summed E-state index contributed by atoms with van der Waals surface area (Å²) < 4.78 is 29.3. The van der Waals surface area contributed by atoms with Gasteiger partial charge in [-0.05, 0) is 0 Å². The largest absolute Gasteiger partial charge is 0.470 e. The molecule has 23 heavy (non-hydrogen) atoms. The molecule has 0 aromatic rings. The molecule has 1 fully saturated rings. The number of phosphoric acid groups is 2. The zero-order valence-electron chi connectivity index (χ0n) is 12.6. The monoisotopic (exact) mass is 457 g/mol. The van der Waals surface area contributed by atoms with Crippen molar-refractivity contribution in [3.05, 3.63) is 0 Å². The Balaban J connectivity index is -0.00000133. The summed E-state index contributed by atoms with van der Waals surface area (Å²) in [6, 6.07) is 0. The first-order chi connectivity index (χ1) is 8.83. The van der Waals surface area contributed by atoms with Crippen LogP contribution < -0.4 is 0 Å². The zero-order chi connectivity index (χ0) is 15.9. The third-order valence-corrected chi connectivity index (χ3v) is 3.60. The molecule has 0 aromatic carbocycles. The Hall–Kier alpha value is 4.97. The number of phosphoric ester groups is 2. The summed E-state index contributed by atoms with van der Waals surface area (Å²) in [4.78, 5) is 34.3. The van der Waals surface area contributed by atoms with Gasteiger partial charge in [-0.25, -0.2) is 9.13 Å². The third kappa shape index (κ3) is 11.1. The normalized spacial score (nSPS) is 34.6. The molecule has 1 aliphatic carbocycles. The molecule has 0 heterocycles. The second-order valence-electron chi connectivity index (χ2n) is 4.08. The van der Waals surface area contributed by atoms with Gasteiger partial charge in [0.25, 0.3) is 0 Å². The standard InChI is InChI=1S/C6H14O12P2.3K/c7-1-2(8)6(18-20(14,15)16)4(10)3(9)5(1)17-19(11,12)13;;;/h1-10H,(H2,11,12,13)(H2,14,15,16);;;/t1-,2-,3-,4+,5?,6?;;;/m1.../s1. The molecular weight excluding hydrogens is 443 g/mol. The molecule has 0 aliphatic heterocycles. The van der Waals surface area contributed by atoms with Crippen molar-refractivity contribution < 1.29 is 58.2 Å². The molecule has 0 amide bonds. The van der Waals surface area contributed by atoms with E-state index in [-0.39, 0.29) is 154 Å². The molecule has 2 unspecified atom stereocenters. The predicted molar refractivity (Wildman–Crippen MR) is 75.1 cm³/mol. The Labute approximate surface area is 258 Å². The minimum Gasteiger partial charge on any atom is -0.387 e. The topological polar surface area (TPSA) is 214 Å². The van der Waals surface area contributed by atoms with Crippen LogP contribution in [0.1, 0.15) is 0 Å². The van der Waals surface area contributed by atoms with Crippen molar-refractivity contribution in [2.24, 2.45) is 0 Å². The van der Waals surface area contributed by atoms with Gasteiger partial charge < -0.3 is 40.0 Å². The summed E-state index contributed by atoms with van der Waals surface area (Å²) in [5.74, 6) is 0. The van der Waals surface area contributed by atoms with Gasteiger partial charge in [-0.2, -0.15) is 0 Å². The molecule has 0 spiro atoms. The van der Waals surface area contributed by atoms with Crippen LogP contribution in [0.2, 0.25) is 0 Å². The van der Waals surface area contributed by atoms with E-state index in [9.17, 15) is 29.6 Å². The van der Waals surface area contributed by atoms with E-state index in [4.69, 9.17) is 19.6 Å². The van der Waals surface area contributed by atoms with Gasteiger partial charge in [0.1, 0.15) is 36.6 Å². The van der Waals surface area contributed by atoms with Crippen molar-refractivity contribution in [1.82, 2.24) is 0 Å². The van der Waals surface area contributed by atoms with Crippen LogP contribution in [-0.4, -0.2) is 231 Å². The van der Waals surface area contributed by atoms with Crippen LogP contribution in [0.25, 0.3) is 0 Å². The molecule has 17 heteroatoms. The van der Waals surface area contributed by atoms with E-state index in [1.165, 1.54) is 0 Å². The molecule has 6 atom stereocenters. The zero-order valence-corrected chi connectivity index (χ0v) is 23.7. The van der Waals surface area contributed by atoms with Gasteiger partial charge in [-0.3, -0.25) is 9.05 Å². The molecule has 1 rings (SSSR count). The van der Waals surface area contributed by atoms with Gasteiger partial charge in [-0.1, -0.05) is 0 Å². The van der Waals surface area contributed by atoms with E-state index in [1.54, 1.807) is 0 Å². The summed E-state index contributed by atoms with van der Waals surface area (Å²) in [6.45, 7) is 0. The number of hydrogen-bond acceptors (Lipinski definition) is 8. The van der Waals surface area contributed by atoms with Crippen LogP contribution in [0.15, 0.2) is 0 Å². The molecule has 8 N–H and O–H groups in total. The number of rotatable bonds is 4. The van der Waals surface area contributed by atoms with Crippen LogP contribution >= 0.6 is 15.6 Å². The van der Waals surface area contributed by atoms with Crippen LogP contribution in [0.5, 0.6) is 0 Å². The van der Waals surface area contributed by atoms with Crippen molar-refractivity contribution in [2.45, 2.75) is 36.6 Å². The fourth-order valence-corrected chi connectivity index (χ4v) is 2.88. The SMILES string of the molecule is O=P(O)(O)OC1[C@@H](O)[C@@H](O)C(OP(=O)(O)O)[C@H](O)[C@H]1O.[K].[K].[K]. The summed E-state index contributed by atoms with van der Waals surface area (Å²) >= 11 is 0. The average Bonchev–Trinajstić information content (AvgIpc) is 2.25. The quantitative estimate of drug-likeness (QED) is 0.148. The molecule has 0 saturated heterocycles. The smallest absolute Gasteiger partial charge is 0.387 e. The minimum absolute atomic E-state index is 0. The van der Waals surface area contributed by atoms with Crippen molar-refractivity contribution >= 4 is 170 Å². The predicted octanol–water partition coefficient (Wildman–Crippen LogP) is -4.74. The number of aliphatic hydroxyl groups is 4. The number of aliphatic hydroxyl groups excluding tert-OH is 4. The second kappa shape index (κ2) is 13.3. The van der Waals surface area contributed by atoms with Gasteiger partial charge in [0.2, 0.25) is 0 Å². The first-order valence-corrected chi connectivity index (χ1v) is 8.10. The van der Waals surface area contributed by atoms with Crippen molar-refractivity contribution in [3.8, 4) is 0 Å². The molecule has 12 nitrogen and oxygen atoms in total. The fraction of sp³-hybridized carbons (Fsp3) is 1.00. The second-order valence-corrected chi connectivity index (χ2v) is 6.47. The Bertz CT molecular complexity index is 385. The van der Waals surface area contributed by atoms with E-state index in [0.29, 0.717) is 0 Å². The minimum atomic E-state index is -5.16. The molecule has 3 radical (unpaired) electrons. The summed E-state index contributed by atoms with van der Waals surface area (Å²) in [5.41, 5.74) is 0. The average molecular weight is 457 g/mol. The van der Waals surface area contributed by atoms with E-state index in [1.807, 2.05) is 0 Å². The molecule has 0 bridgehead atoms. The maximum absolute atomic E-state index is 10.6. The first-order valence-electron chi connectivity index (χ1n) is 5.03. The van der Waals surface area contributed by atoms with Crippen LogP contribution in [0.4, 0.5) is 0 Å². The van der Waals surface area contributed by atoms with Crippen molar-refractivity contribution in [2.75, 3.05) is 0 Å². The fourth-order valence-electron chi connectivity index (χ4n) is 1.75. The van der Waals surface area contributed by atoms with Gasteiger partial charge in [0.15, 0.2) is 0 Å².